The predicted octanol–water partition coefficient (Wildman–Crippen LogP) is 0.614. The summed E-state index contributed by atoms with van der Waals surface area (Å²) in [5.74, 6) is 2.05. The Morgan fingerprint density at radius 1 is 1.57 bits per heavy atom. The highest BCUT2D eigenvalue weighted by Crippen LogP contribution is 2.39. The minimum atomic E-state index is 0.907. The van der Waals surface area contributed by atoms with Crippen LogP contribution in [0.5, 0.6) is 0 Å². The molecule has 2 saturated heterocycles. The van der Waals surface area contributed by atoms with E-state index in [1.54, 1.807) is 0 Å². The third-order valence-corrected chi connectivity index (χ3v) is 2.58. The van der Waals surface area contributed by atoms with Crippen molar-refractivity contribution in [2.75, 3.05) is 6.54 Å². The van der Waals surface area contributed by atoms with E-state index in [4.69, 9.17) is 0 Å². The normalized spacial score (nSPS) is 57.0. The van der Waals surface area contributed by atoms with Crippen LogP contribution < -0.4 is 5.32 Å². The van der Waals surface area contributed by atoms with Crippen LogP contribution in [0.15, 0.2) is 0 Å². The number of hydrogen-bond acceptors (Lipinski definition) is 1. The van der Waals surface area contributed by atoms with Gasteiger partial charge < -0.3 is 5.32 Å². The second kappa shape index (κ2) is 1.03. The second-order valence-corrected chi connectivity index (χ2v) is 2.87. The van der Waals surface area contributed by atoms with E-state index in [-0.39, 0.29) is 0 Å². The molecule has 1 saturated carbocycles. The lowest BCUT2D eigenvalue weighted by Crippen LogP contribution is -2.34. The largest absolute Gasteiger partial charge is 0.313 e. The summed E-state index contributed by atoms with van der Waals surface area (Å²) < 4.78 is 0. The molecule has 0 aromatic rings. The SMILES string of the molecule is C[C@H]1[C@@H]2CN[C@H]1C2. The molecule has 40 valence electrons. The van der Waals surface area contributed by atoms with Gasteiger partial charge in [0.25, 0.3) is 0 Å². The highest BCUT2D eigenvalue weighted by atomic mass is 15.0. The van der Waals surface area contributed by atoms with E-state index >= 15 is 0 Å². The zero-order valence-corrected chi connectivity index (χ0v) is 4.65. The molecule has 3 aliphatic rings. The number of hydrogen-bond donors (Lipinski definition) is 1. The van der Waals surface area contributed by atoms with Gasteiger partial charge in [0, 0.05) is 6.04 Å². The van der Waals surface area contributed by atoms with Gasteiger partial charge in [-0.1, -0.05) is 6.92 Å². The molecule has 0 aromatic carbocycles. The standard InChI is InChI=1S/C6H11N/c1-4-5-2-6(4)7-3-5/h4-7H,2-3H2,1H3/t4-,5-,6-/m0/s1. The van der Waals surface area contributed by atoms with Gasteiger partial charge in [-0.25, -0.2) is 0 Å². The maximum Gasteiger partial charge on any atom is 0.00991 e. The average Bonchev–Trinajstić information content (AvgIpc) is 2.18. The van der Waals surface area contributed by atoms with E-state index in [9.17, 15) is 0 Å². The van der Waals surface area contributed by atoms with Crippen LogP contribution in [-0.2, 0) is 0 Å². The monoisotopic (exact) mass is 97.1 g/mol. The first-order valence-electron chi connectivity index (χ1n) is 3.11. The summed E-state index contributed by atoms with van der Waals surface area (Å²) in [6, 6.07) is 0.907. The van der Waals surface area contributed by atoms with Crippen LogP contribution in [0, 0.1) is 11.8 Å². The molecule has 0 spiro atoms. The van der Waals surface area contributed by atoms with Gasteiger partial charge in [0.05, 0.1) is 0 Å². The van der Waals surface area contributed by atoms with Crippen LogP contribution in [0.25, 0.3) is 0 Å². The molecule has 7 heavy (non-hydrogen) atoms. The average molecular weight is 97.2 g/mol. The van der Waals surface area contributed by atoms with E-state index in [0.717, 1.165) is 17.9 Å². The van der Waals surface area contributed by atoms with E-state index < -0.39 is 0 Å². The third kappa shape index (κ3) is 0.325. The van der Waals surface area contributed by atoms with Crippen LogP contribution in [0.3, 0.4) is 0 Å². The van der Waals surface area contributed by atoms with Crippen molar-refractivity contribution in [1.29, 1.82) is 0 Å². The Labute approximate surface area is 44.1 Å². The van der Waals surface area contributed by atoms with Gasteiger partial charge in [-0.05, 0) is 24.8 Å². The zero-order chi connectivity index (χ0) is 4.85. The Kier molecular flexibility index (Phi) is 0.571. The first kappa shape index (κ1) is 3.90. The Balaban J connectivity index is 2.14. The van der Waals surface area contributed by atoms with Crippen LogP contribution in [0.1, 0.15) is 13.3 Å². The minimum absolute atomic E-state index is 0.907. The van der Waals surface area contributed by atoms with Gasteiger partial charge in [-0.2, -0.15) is 0 Å². The van der Waals surface area contributed by atoms with Crippen molar-refractivity contribution >= 4 is 0 Å². The smallest absolute Gasteiger partial charge is 0.00991 e. The molecule has 1 nitrogen and oxygen atoms in total. The molecule has 1 heteroatoms. The van der Waals surface area contributed by atoms with Gasteiger partial charge in [0.2, 0.25) is 0 Å². The van der Waals surface area contributed by atoms with Crippen LogP contribution in [0.4, 0.5) is 0 Å². The van der Waals surface area contributed by atoms with E-state index in [0.29, 0.717) is 0 Å². The van der Waals surface area contributed by atoms with Crippen LogP contribution >= 0.6 is 0 Å². The molecule has 3 rings (SSSR count). The predicted molar refractivity (Wildman–Crippen MR) is 29.1 cm³/mol. The van der Waals surface area contributed by atoms with Crippen molar-refractivity contribution in [3.63, 3.8) is 0 Å². The quantitative estimate of drug-likeness (QED) is 0.467. The molecule has 0 radical (unpaired) electrons. The van der Waals surface area contributed by atoms with Gasteiger partial charge in [0.15, 0.2) is 0 Å². The van der Waals surface area contributed by atoms with Crippen molar-refractivity contribution in [2.24, 2.45) is 11.8 Å². The topological polar surface area (TPSA) is 12.0 Å². The van der Waals surface area contributed by atoms with Gasteiger partial charge in [0.1, 0.15) is 0 Å². The summed E-state index contributed by atoms with van der Waals surface area (Å²) in [4.78, 5) is 0. The summed E-state index contributed by atoms with van der Waals surface area (Å²) in [5, 5.41) is 3.44. The molecule has 0 unspecified atom stereocenters. The fraction of sp³-hybridized carbons (Fsp3) is 1.00. The van der Waals surface area contributed by atoms with E-state index in [1.165, 1.54) is 13.0 Å². The highest BCUT2D eigenvalue weighted by Gasteiger charge is 2.43. The van der Waals surface area contributed by atoms with Crippen LogP contribution in [0.2, 0.25) is 0 Å². The fourth-order valence-electron chi connectivity index (χ4n) is 1.73. The fourth-order valence-corrected chi connectivity index (χ4v) is 1.73. The minimum Gasteiger partial charge on any atom is -0.313 e. The molecule has 0 aromatic heterocycles. The lowest BCUT2D eigenvalue weighted by molar-refractivity contribution is 0.239. The molecule has 3 atom stereocenters. The summed E-state index contributed by atoms with van der Waals surface area (Å²) in [7, 11) is 0. The van der Waals surface area contributed by atoms with Gasteiger partial charge >= 0.3 is 0 Å². The van der Waals surface area contributed by atoms with Crippen molar-refractivity contribution in [3.05, 3.63) is 0 Å². The Bertz CT molecular complexity index is 76.2. The summed E-state index contributed by atoms with van der Waals surface area (Å²) in [6.07, 6.45) is 1.46. The van der Waals surface area contributed by atoms with Crippen molar-refractivity contribution < 1.29 is 0 Å². The van der Waals surface area contributed by atoms with Crippen molar-refractivity contribution in [3.8, 4) is 0 Å². The molecule has 2 aliphatic heterocycles. The molecule has 1 N–H and O–H groups in total. The third-order valence-electron chi connectivity index (χ3n) is 2.58. The number of fused-ring (bicyclic) bond motifs is 1. The molecular weight excluding hydrogens is 86.1 g/mol. The van der Waals surface area contributed by atoms with Gasteiger partial charge in [-0.3, -0.25) is 0 Å². The van der Waals surface area contributed by atoms with E-state index in [2.05, 4.69) is 12.2 Å². The molecule has 2 bridgehead atoms. The second-order valence-electron chi connectivity index (χ2n) is 2.87. The zero-order valence-electron chi connectivity index (χ0n) is 4.65. The summed E-state index contributed by atoms with van der Waals surface area (Å²) >= 11 is 0. The Morgan fingerprint density at radius 2 is 2.43 bits per heavy atom. The number of nitrogens with one attached hydrogen (secondary N) is 1. The highest BCUT2D eigenvalue weighted by molar-refractivity contribution is 4.99. The van der Waals surface area contributed by atoms with Gasteiger partial charge in [-0.15, -0.1) is 0 Å². The molecule has 0 amide bonds. The first-order valence-corrected chi connectivity index (χ1v) is 3.11. The molecule has 2 heterocycles. The summed E-state index contributed by atoms with van der Waals surface area (Å²) in [6.45, 7) is 3.64. The Morgan fingerprint density at radius 3 is 2.57 bits per heavy atom. The lowest BCUT2D eigenvalue weighted by Gasteiger charge is -2.30. The maximum absolute atomic E-state index is 3.44. The Hall–Kier alpha value is -0.0400. The van der Waals surface area contributed by atoms with Crippen molar-refractivity contribution in [2.45, 2.75) is 19.4 Å². The first-order chi connectivity index (χ1) is 3.38. The maximum atomic E-state index is 3.44. The van der Waals surface area contributed by atoms with Crippen molar-refractivity contribution in [1.82, 2.24) is 5.32 Å². The van der Waals surface area contributed by atoms with E-state index in [1.807, 2.05) is 0 Å². The van der Waals surface area contributed by atoms with Crippen LogP contribution in [-0.4, -0.2) is 12.6 Å². The lowest BCUT2D eigenvalue weighted by atomic mass is 9.75. The molecular formula is C6H11N. The summed E-state index contributed by atoms with van der Waals surface area (Å²) in [5.41, 5.74) is 0. The number of rotatable bonds is 0. The molecule has 1 aliphatic carbocycles. The molecule has 3 fully saturated rings.